The van der Waals surface area contributed by atoms with E-state index in [2.05, 4.69) is 4.90 Å². The van der Waals surface area contributed by atoms with Gasteiger partial charge in [0, 0.05) is 23.8 Å². The van der Waals surface area contributed by atoms with Crippen molar-refractivity contribution in [2.75, 3.05) is 12.3 Å². The van der Waals surface area contributed by atoms with E-state index in [4.69, 9.17) is 5.73 Å². The number of nitrogen functional groups attached to an aromatic ring is 1. The Labute approximate surface area is 108 Å². The molecule has 0 unspecified atom stereocenters. The Morgan fingerprint density at radius 3 is 2.61 bits per heavy atom. The van der Waals surface area contributed by atoms with Crippen LogP contribution in [0.3, 0.4) is 0 Å². The van der Waals surface area contributed by atoms with Crippen LogP contribution in [0, 0.1) is 12.8 Å². The summed E-state index contributed by atoms with van der Waals surface area (Å²) in [6.07, 6.45) is 4.92. The largest absolute Gasteiger partial charge is 0.399 e. The molecule has 0 heterocycles. The molecular formula is C15H20N2O. The van der Waals surface area contributed by atoms with Crippen molar-refractivity contribution in [3.05, 3.63) is 29.3 Å². The average Bonchev–Trinajstić information content (AvgIpc) is 3.22. The van der Waals surface area contributed by atoms with Crippen molar-refractivity contribution in [1.82, 2.24) is 4.90 Å². The predicted molar refractivity (Wildman–Crippen MR) is 72.4 cm³/mol. The number of hydrogen-bond acceptors (Lipinski definition) is 2. The Hall–Kier alpha value is -1.51. The summed E-state index contributed by atoms with van der Waals surface area (Å²) in [6, 6.07) is 6.11. The van der Waals surface area contributed by atoms with Gasteiger partial charge in [0.1, 0.15) is 0 Å². The van der Waals surface area contributed by atoms with E-state index in [-0.39, 0.29) is 5.91 Å². The Bertz CT molecular complexity index is 475. The third-order valence-corrected chi connectivity index (χ3v) is 3.92. The average molecular weight is 244 g/mol. The molecule has 2 aliphatic rings. The SMILES string of the molecule is Cc1cc(C(=O)N(CC2CC2)C2CC2)ccc1N. The molecule has 3 rings (SSSR count). The van der Waals surface area contributed by atoms with Crippen LogP contribution in [0.25, 0.3) is 0 Å². The van der Waals surface area contributed by atoms with Gasteiger partial charge in [-0.05, 0) is 62.3 Å². The van der Waals surface area contributed by atoms with E-state index < -0.39 is 0 Å². The molecule has 1 amide bonds. The lowest BCUT2D eigenvalue weighted by Crippen LogP contribution is -2.34. The van der Waals surface area contributed by atoms with E-state index in [0.29, 0.717) is 6.04 Å². The molecule has 96 valence electrons. The zero-order valence-corrected chi connectivity index (χ0v) is 10.9. The van der Waals surface area contributed by atoms with E-state index in [1.807, 2.05) is 25.1 Å². The van der Waals surface area contributed by atoms with Crippen LogP contribution >= 0.6 is 0 Å². The van der Waals surface area contributed by atoms with E-state index in [1.54, 1.807) is 0 Å². The van der Waals surface area contributed by atoms with Crippen molar-refractivity contribution >= 4 is 11.6 Å². The van der Waals surface area contributed by atoms with E-state index in [0.717, 1.165) is 29.3 Å². The normalized spacial score (nSPS) is 18.7. The van der Waals surface area contributed by atoms with E-state index in [9.17, 15) is 4.79 Å². The Kier molecular flexibility index (Phi) is 2.77. The number of hydrogen-bond donors (Lipinski definition) is 1. The Morgan fingerprint density at radius 1 is 1.33 bits per heavy atom. The highest BCUT2D eigenvalue weighted by Crippen LogP contribution is 2.35. The highest BCUT2D eigenvalue weighted by molar-refractivity contribution is 5.95. The van der Waals surface area contributed by atoms with Crippen molar-refractivity contribution in [3.63, 3.8) is 0 Å². The van der Waals surface area contributed by atoms with Gasteiger partial charge in [-0.15, -0.1) is 0 Å². The topological polar surface area (TPSA) is 46.3 Å². The fraction of sp³-hybridized carbons (Fsp3) is 0.533. The van der Waals surface area contributed by atoms with Gasteiger partial charge in [0.25, 0.3) is 5.91 Å². The maximum atomic E-state index is 12.5. The molecule has 3 heteroatoms. The number of carbonyl (C=O) groups is 1. The second kappa shape index (κ2) is 4.30. The molecule has 2 fully saturated rings. The first-order valence-corrected chi connectivity index (χ1v) is 6.82. The molecule has 0 aromatic heterocycles. The van der Waals surface area contributed by atoms with Crippen LogP contribution < -0.4 is 5.73 Å². The zero-order chi connectivity index (χ0) is 12.7. The van der Waals surface area contributed by atoms with Crippen molar-refractivity contribution in [2.24, 2.45) is 5.92 Å². The van der Waals surface area contributed by atoms with Gasteiger partial charge in [-0.1, -0.05) is 0 Å². The second-order valence-corrected chi connectivity index (χ2v) is 5.70. The maximum absolute atomic E-state index is 12.5. The van der Waals surface area contributed by atoms with Crippen LogP contribution in [0.4, 0.5) is 5.69 Å². The summed E-state index contributed by atoms with van der Waals surface area (Å²) >= 11 is 0. The van der Waals surface area contributed by atoms with Gasteiger partial charge in [0.05, 0.1) is 0 Å². The zero-order valence-electron chi connectivity index (χ0n) is 10.9. The fourth-order valence-electron chi connectivity index (χ4n) is 2.34. The third-order valence-electron chi connectivity index (χ3n) is 3.92. The monoisotopic (exact) mass is 244 g/mol. The number of benzene rings is 1. The molecule has 0 saturated heterocycles. The summed E-state index contributed by atoms with van der Waals surface area (Å²) in [7, 11) is 0. The number of nitrogens with two attached hydrogens (primary N) is 1. The summed E-state index contributed by atoms with van der Waals surface area (Å²) in [5.74, 6) is 0.942. The number of anilines is 1. The van der Waals surface area contributed by atoms with Crippen molar-refractivity contribution in [2.45, 2.75) is 38.6 Å². The molecule has 0 radical (unpaired) electrons. The first kappa shape index (κ1) is 11.6. The molecule has 2 aliphatic carbocycles. The minimum Gasteiger partial charge on any atom is -0.399 e. The minimum atomic E-state index is 0.188. The van der Waals surface area contributed by atoms with Gasteiger partial charge in [-0.25, -0.2) is 0 Å². The highest BCUT2D eigenvalue weighted by Gasteiger charge is 2.36. The Balaban J connectivity index is 1.79. The number of carbonyl (C=O) groups excluding carboxylic acids is 1. The molecule has 0 spiro atoms. The number of rotatable bonds is 4. The smallest absolute Gasteiger partial charge is 0.254 e. The van der Waals surface area contributed by atoms with Gasteiger partial charge in [-0.3, -0.25) is 4.79 Å². The van der Waals surface area contributed by atoms with Crippen LogP contribution in [0.15, 0.2) is 18.2 Å². The van der Waals surface area contributed by atoms with Crippen molar-refractivity contribution in [1.29, 1.82) is 0 Å². The minimum absolute atomic E-state index is 0.188. The maximum Gasteiger partial charge on any atom is 0.254 e. The molecule has 0 aliphatic heterocycles. The molecule has 18 heavy (non-hydrogen) atoms. The molecule has 3 nitrogen and oxygen atoms in total. The number of amides is 1. The molecule has 1 aromatic rings. The van der Waals surface area contributed by atoms with Crippen molar-refractivity contribution in [3.8, 4) is 0 Å². The predicted octanol–water partition coefficient (Wildman–Crippen LogP) is 2.59. The van der Waals surface area contributed by atoms with Gasteiger partial charge < -0.3 is 10.6 Å². The first-order chi connectivity index (χ1) is 8.65. The van der Waals surface area contributed by atoms with Crippen LogP contribution in [0.2, 0.25) is 0 Å². The lowest BCUT2D eigenvalue weighted by atomic mass is 10.1. The van der Waals surface area contributed by atoms with Crippen LogP contribution in [-0.2, 0) is 0 Å². The first-order valence-electron chi connectivity index (χ1n) is 6.82. The quantitative estimate of drug-likeness (QED) is 0.827. The van der Waals surface area contributed by atoms with Gasteiger partial charge >= 0.3 is 0 Å². The van der Waals surface area contributed by atoms with Gasteiger partial charge in [-0.2, -0.15) is 0 Å². The standard InChI is InChI=1S/C15H20N2O/c1-10-8-12(4-7-14(10)16)15(18)17(13-5-6-13)9-11-2-3-11/h4,7-8,11,13H,2-3,5-6,9,16H2,1H3. The molecule has 2 N–H and O–H groups in total. The fourth-order valence-corrected chi connectivity index (χ4v) is 2.34. The number of nitrogens with zero attached hydrogens (tertiary/aromatic N) is 1. The van der Waals surface area contributed by atoms with E-state index >= 15 is 0 Å². The van der Waals surface area contributed by atoms with Crippen LogP contribution in [0.5, 0.6) is 0 Å². The molecule has 0 atom stereocenters. The van der Waals surface area contributed by atoms with Gasteiger partial charge in [0.2, 0.25) is 0 Å². The van der Waals surface area contributed by atoms with E-state index in [1.165, 1.54) is 25.7 Å². The highest BCUT2D eigenvalue weighted by atomic mass is 16.2. The molecule has 1 aromatic carbocycles. The lowest BCUT2D eigenvalue weighted by Gasteiger charge is -2.22. The summed E-state index contributed by atoms with van der Waals surface area (Å²) < 4.78 is 0. The summed E-state index contributed by atoms with van der Waals surface area (Å²) in [4.78, 5) is 14.6. The van der Waals surface area contributed by atoms with Crippen molar-refractivity contribution < 1.29 is 4.79 Å². The van der Waals surface area contributed by atoms with Gasteiger partial charge in [0.15, 0.2) is 0 Å². The molecule has 0 bridgehead atoms. The number of aryl methyl sites for hydroxylation is 1. The summed E-state index contributed by atoms with van der Waals surface area (Å²) in [5, 5.41) is 0. The molecular weight excluding hydrogens is 224 g/mol. The second-order valence-electron chi connectivity index (χ2n) is 5.70. The van der Waals surface area contributed by atoms with Crippen LogP contribution in [-0.4, -0.2) is 23.4 Å². The Morgan fingerprint density at radius 2 is 2.06 bits per heavy atom. The van der Waals surface area contributed by atoms with Crippen LogP contribution in [0.1, 0.15) is 41.6 Å². The third kappa shape index (κ3) is 2.35. The summed E-state index contributed by atoms with van der Waals surface area (Å²) in [5.41, 5.74) is 8.33. The summed E-state index contributed by atoms with van der Waals surface area (Å²) in [6.45, 7) is 2.90. The lowest BCUT2D eigenvalue weighted by molar-refractivity contribution is 0.0734. The molecule has 2 saturated carbocycles.